The second-order valence-electron chi connectivity index (χ2n) is 4.75. The van der Waals surface area contributed by atoms with E-state index in [0.717, 1.165) is 0 Å². The quantitative estimate of drug-likeness (QED) is 0.404. The highest BCUT2D eigenvalue weighted by molar-refractivity contribution is 7.87. The van der Waals surface area contributed by atoms with Crippen molar-refractivity contribution in [2.24, 2.45) is 0 Å². The second kappa shape index (κ2) is 8.03. The van der Waals surface area contributed by atoms with Crippen molar-refractivity contribution < 1.29 is 27.2 Å². The molecule has 0 aliphatic rings. The van der Waals surface area contributed by atoms with Crippen LogP contribution in [0, 0.1) is 5.39 Å². The first kappa shape index (κ1) is 18.1. The average Bonchev–Trinajstić information content (AvgIpc) is 2.58. The largest absolute Gasteiger partial charge is 0.867 e. The van der Waals surface area contributed by atoms with Gasteiger partial charge in [0.2, 0.25) is 5.39 Å². The minimum atomic E-state index is -4.06. The third kappa shape index (κ3) is 3.98. The van der Waals surface area contributed by atoms with Gasteiger partial charge in [-0.15, -0.1) is 0 Å². The van der Waals surface area contributed by atoms with Crippen molar-refractivity contribution in [3.63, 3.8) is 0 Å². The molecule has 0 radical (unpaired) electrons. The Bertz CT molecular complexity index is 860. The van der Waals surface area contributed by atoms with E-state index in [0.29, 0.717) is 13.2 Å². The molecule has 0 N–H and O–H groups in total. The zero-order valence-corrected chi connectivity index (χ0v) is 13.8. The molecule has 0 aliphatic carbocycles. The predicted octanol–water partition coefficient (Wildman–Crippen LogP) is 1.77. The van der Waals surface area contributed by atoms with Gasteiger partial charge in [0.15, 0.2) is 4.98 Å². The molecule has 0 fully saturated rings. The minimum Gasteiger partial charge on any atom is -0.867 e. The van der Waals surface area contributed by atoms with Gasteiger partial charge in [0.1, 0.15) is 4.90 Å². The lowest BCUT2D eigenvalue weighted by atomic mass is 10.1. The van der Waals surface area contributed by atoms with Gasteiger partial charge in [-0.1, -0.05) is 12.1 Å². The molecule has 0 spiro atoms. The van der Waals surface area contributed by atoms with Crippen LogP contribution in [0.3, 0.4) is 0 Å². The number of nitrogens with zero attached hydrogens (tertiary/aromatic N) is 2. The Morgan fingerprint density at radius 1 is 1.08 bits per heavy atom. The lowest BCUT2D eigenvalue weighted by Crippen LogP contribution is -2.13. The summed E-state index contributed by atoms with van der Waals surface area (Å²) in [4.78, 5) is 2.75. The van der Waals surface area contributed by atoms with E-state index in [9.17, 15) is 13.5 Å². The van der Waals surface area contributed by atoms with Crippen molar-refractivity contribution in [3.05, 3.63) is 35.3 Å². The van der Waals surface area contributed by atoms with E-state index in [-0.39, 0.29) is 34.6 Å². The van der Waals surface area contributed by atoms with Crippen LogP contribution in [0.5, 0.6) is 5.75 Å². The van der Waals surface area contributed by atoms with Crippen molar-refractivity contribution >= 4 is 26.6 Å². The van der Waals surface area contributed by atoms with Crippen molar-refractivity contribution in [1.82, 2.24) is 0 Å². The summed E-state index contributed by atoms with van der Waals surface area (Å²) in [6.45, 7) is 0.673. The first-order valence-electron chi connectivity index (χ1n) is 7.05. The number of ether oxygens (including phenoxy) is 2. The van der Waals surface area contributed by atoms with Crippen LogP contribution in [-0.2, 0) is 23.8 Å². The highest BCUT2D eigenvalue weighted by Gasteiger charge is 2.20. The van der Waals surface area contributed by atoms with Crippen molar-refractivity contribution in [2.75, 3.05) is 33.5 Å². The fourth-order valence-corrected chi connectivity index (χ4v) is 3.20. The van der Waals surface area contributed by atoms with Gasteiger partial charge in [-0.25, -0.2) is 0 Å². The van der Waals surface area contributed by atoms with Gasteiger partial charge < -0.3 is 14.6 Å². The van der Waals surface area contributed by atoms with E-state index >= 15 is 0 Å². The Kier molecular flexibility index (Phi) is 6.05. The second-order valence-corrected chi connectivity index (χ2v) is 6.33. The number of hydrogen-bond acceptors (Lipinski definition) is 7. The number of benzene rings is 2. The van der Waals surface area contributed by atoms with Gasteiger partial charge in [-0.2, -0.15) is 8.42 Å². The SMILES string of the molecule is COCCOCCOS(=O)(=O)c1cccc2c([O-])c([N+]#N)ccc12. The smallest absolute Gasteiger partial charge is 0.378 e. The van der Waals surface area contributed by atoms with Gasteiger partial charge in [0, 0.05) is 18.6 Å². The van der Waals surface area contributed by atoms with Gasteiger partial charge in [0.05, 0.1) is 26.4 Å². The zero-order chi connectivity index (χ0) is 17.6. The maximum absolute atomic E-state index is 12.3. The molecule has 128 valence electrons. The molecule has 2 aromatic carbocycles. The Morgan fingerprint density at radius 2 is 1.83 bits per heavy atom. The zero-order valence-electron chi connectivity index (χ0n) is 13.0. The molecule has 0 saturated carbocycles. The van der Waals surface area contributed by atoms with Crippen LogP contribution >= 0.6 is 0 Å². The molecule has 0 saturated heterocycles. The maximum Gasteiger partial charge on any atom is 0.378 e. The molecule has 0 aliphatic heterocycles. The fourth-order valence-electron chi connectivity index (χ4n) is 2.10. The topological polar surface area (TPSA) is 113 Å². The number of diazo groups is 1. The van der Waals surface area contributed by atoms with Crippen molar-refractivity contribution in [3.8, 4) is 5.75 Å². The maximum atomic E-state index is 12.3. The van der Waals surface area contributed by atoms with Crippen molar-refractivity contribution in [2.45, 2.75) is 4.90 Å². The molecular formula is C15H16N2O6S. The van der Waals surface area contributed by atoms with Gasteiger partial charge in [-0.3, -0.25) is 4.18 Å². The van der Waals surface area contributed by atoms with Crippen LogP contribution in [0.2, 0.25) is 0 Å². The third-order valence-corrected chi connectivity index (χ3v) is 4.60. The van der Waals surface area contributed by atoms with E-state index in [1.54, 1.807) is 0 Å². The summed E-state index contributed by atoms with van der Waals surface area (Å²) >= 11 is 0. The molecule has 9 heteroatoms. The number of rotatable bonds is 8. The molecular weight excluding hydrogens is 336 g/mol. The Labute approximate surface area is 139 Å². The molecule has 24 heavy (non-hydrogen) atoms. The van der Waals surface area contributed by atoms with Gasteiger partial charge in [-0.05, 0) is 23.3 Å². The van der Waals surface area contributed by atoms with Crippen LogP contribution in [0.25, 0.3) is 15.7 Å². The van der Waals surface area contributed by atoms with Crippen LogP contribution in [0.4, 0.5) is 5.69 Å². The number of fused-ring (bicyclic) bond motifs is 1. The summed E-state index contributed by atoms with van der Waals surface area (Å²) in [5.74, 6) is -0.560. The lowest BCUT2D eigenvalue weighted by Gasteiger charge is -2.12. The molecule has 0 amide bonds. The summed E-state index contributed by atoms with van der Waals surface area (Å²) < 4.78 is 39.5. The fraction of sp³-hybridized carbons (Fsp3) is 0.333. The number of methoxy groups -OCH3 is 1. The molecule has 2 aromatic rings. The van der Waals surface area contributed by atoms with E-state index in [4.69, 9.17) is 19.0 Å². The monoisotopic (exact) mass is 352 g/mol. The van der Waals surface area contributed by atoms with Crippen molar-refractivity contribution in [1.29, 1.82) is 5.39 Å². The molecule has 0 unspecified atom stereocenters. The normalized spacial score (nSPS) is 11.5. The molecule has 2 rings (SSSR count). The highest BCUT2D eigenvalue weighted by Crippen LogP contribution is 2.35. The van der Waals surface area contributed by atoms with Crippen LogP contribution < -0.4 is 5.11 Å². The Hall–Kier alpha value is -2.25. The highest BCUT2D eigenvalue weighted by atomic mass is 32.2. The first-order chi connectivity index (χ1) is 11.5. The minimum absolute atomic E-state index is 0.0910. The van der Waals surface area contributed by atoms with E-state index < -0.39 is 15.9 Å². The molecule has 8 nitrogen and oxygen atoms in total. The molecule has 0 atom stereocenters. The summed E-state index contributed by atoms with van der Waals surface area (Å²) in [5.41, 5.74) is -0.162. The van der Waals surface area contributed by atoms with Crippen LogP contribution in [0.15, 0.2) is 35.2 Å². The average molecular weight is 352 g/mol. The summed E-state index contributed by atoms with van der Waals surface area (Å²) in [6, 6.07) is 6.88. The molecule has 0 bridgehead atoms. The van der Waals surface area contributed by atoms with Gasteiger partial charge in [0.25, 0.3) is 10.1 Å². The van der Waals surface area contributed by atoms with E-state index in [2.05, 4.69) is 4.98 Å². The Balaban J connectivity index is 2.22. The van der Waals surface area contributed by atoms with Crippen LogP contribution in [-0.4, -0.2) is 42.0 Å². The lowest BCUT2D eigenvalue weighted by molar-refractivity contribution is -0.264. The summed E-state index contributed by atoms with van der Waals surface area (Å²) in [6.07, 6.45) is 0. The number of hydrogen-bond donors (Lipinski definition) is 0. The first-order valence-corrected chi connectivity index (χ1v) is 8.46. The van der Waals surface area contributed by atoms with E-state index in [1.807, 2.05) is 0 Å². The Morgan fingerprint density at radius 3 is 2.54 bits per heavy atom. The molecule has 0 heterocycles. The van der Waals surface area contributed by atoms with Crippen LogP contribution in [0.1, 0.15) is 0 Å². The predicted molar refractivity (Wildman–Crippen MR) is 84.0 cm³/mol. The standard InChI is InChI=1S/C15H16N2O6S/c1-21-7-8-22-9-10-23-24(19,20)14-4-2-3-12-11(14)5-6-13(17-16)15(12)18/h2-6H,7-10H2,1H3. The van der Waals surface area contributed by atoms with Gasteiger partial charge >= 0.3 is 5.69 Å². The molecule has 0 aromatic heterocycles. The third-order valence-electron chi connectivity index (χ3n) is 3.23. The summed E-state index contributed by atoms with van der Waals surface area (Å²) in [5, 5.41) is 21.2. The van der Waals surface area contributed by atoms with E-state index in [1.165, 1.54) is 37.4 Å². The summed E-state index contributed by atoms with van der Waals surface area (Å²) in [7, 11) is -2.53.